The standard InChI is InChI=1S/C20H16FN3O2S2/c1-2-26-15-6-7-16-17(10-15)28-20(23-16)24-18(25)9-14-11-27-19(22-14)12-4-3-5-13(21)8-12/h3-8,10-11H,2,9H2,1H3,(H,23,24,25). The third-order valence-corrected chi connectivity index (χ3v) is 5.76. The van der Waals surface area contributed by atoms with Crippen molar-refractivity contribution in [2.45, 2.75) is 13.3 Å². The molecule has 2 aromatic heterocycles. The van der Waals surface area contributed by atoms with Gasteiger partial charge in [0.15, 0.2) is 5.13 Å². The number of benzene rings is 2. The minimum absolute atomic E-state index is 0.131. The third-order valence-electron chi connectivity index (χ3n) is 3.88. The number of amides is 1. The number of carbonyl (C=O) groups is 1. The van der Waals surface area contributed by atoms with E-state index in [1.165, 1.54) is 34.8 Å². The number of thiazole rings is 2. The first kappa shape index (κ1) is 18.5. The van der Waals surface area contributed by atoms with Crippen LogP contribution in [-0.2, 0) is 11.2 Å². The van der Waals surface area contributed by atoms with E-state index in [1.807, 2.05) is 30.5 Å². The van der Waals surface area contributed by atoms with Gasteiger partial charge in [0, 0.05) is 10.9 Å². The molecule has 0 radical (unpaired) electrons. The highest BCUT2D eigenvalue weighted by molar-refractivity contribution is 7.22. The second kappa shape index (κ2) is 8.04. The molecule has 0 saturated heterocycles. The number of halogens is 1. The minimum Gasteiger partial charge on any atom is -0.494 e. The van der Waals surface area contributed by atoms with E-state index < -0.39 is 0 Å². The van der Waals surface area contributed by atoms with Gasteiger partial charge in [-0.2, -0.15) is 0 Å². The molecule has 0 aliphatic rings. The second-order valence-corrected chi connectivity index (χ2v) is 7.85. The smallest absolute Gasteiger partial charge is 0.232 e. The first-order valence-electron chi connectivity index (χ1n) is 8.64. The molecule has 142 valence electrons. The van der Waals surface area contributed by atoms with Gasteiger partial charge in [-0.25, -0.2) is 14.4 Å². The molecule has 4 rings (SSSR count). The van der Waals surface area contributed by atoms with E-state index in [0.717, 1.165) is 16.0 Å². The van der Waals surface area contributed by atoms with Crippen LogP contribution in [0.1, 0.15) is 12.6 Å². The molecule has 0 bridgehead atoms. The SMILES string of the molecule is CCOc1ccc2nc(NC(=O)Cc3csc(-c4cccc(F)c4)n3)sc2c1. The molecule has 28 heavy (non-hydrogen) atoms. The fourth-order valence-corrected chi connectivity index (χ4v) is 4.41. The average Bonchev–Trinajstić information content (AvgIpc) is 3.28. The van der Waals surface area contributed by atoms with E-state index in [2.05, 4.69) is 15.3 Å². The summed E-state index contributed by atoms with van der Waals surface area (Å²) in [6.07, 6.45) is 0.131. The number of anilines is 1. The lowest BCUT2D eigenvalue weighted by atomic mass is 10.2. The Kier molecular flexibility index (Phi) is 5.31. The molecule has 0 aliphatic carbocycles. The quantitative estimate of drug-likeness (QED) is 0.475. The van der Waals surface area contributed by atoms with Crippen LogP contribution < -0.4 is 10.1 Å². The zero-order valence-corrected chi connectivity index (χ0v) is 16.6. The van der Waals surface area contributed by atoms with Crippen LogP contribution in [0.15, 0.2) is 47.8 Å². The Morgan fingerprint density at radius 3 is 2.93 bits per heavy atom. The van der Waals surface area contributed by atoms with E-state index in [1.54, 1.807) is 12.1 Å². The lowest BCUT2D eigenvalue weighted by molar-refractivity contribution is -0.115. The maximum Gasteiger partial charge on any atom is 0.232 e. The summed E-state index contributed by atoms with van der Waals surface area (Å²) in [6, 6.07) is 11.9. The summed E-state index contributed by atoms with van der Waals surface area (Å²) in [5.41, 5.74) is 2.15. The number of fused-ring (bicyclic) bond motifs is 1. The van der Waals surface area contributed by atoms with Crippen LogP contribution in [0.25, 0.3) is 20.8 Å². The molecule has 2 aromatic carbocycles. The summed E-state index contributed by atoms with van der Waals surface area (Å²) in [7, 11) is 0. The fourth-order valence-electron chi connectivity index (χ4n) is 2.69. The molecule has 0 aliphatic heterocycles. The van der Waals surface area contributed by atoms with Gasteiger partial charge in [-0.1, -0.05) is 23.5 Å². The monoisotopic (exact) mass is 413 g/mol. The third kappa shape index (κ3) is 4.18. The number of ether oxygens (including phenoxy) is 1. The van der Waals surface area contributed by atoms with Crippen molar-refractivity contribution in [1.29, 1.82) is 0 Å². The highest BCUT2D eigenvalue weighted by atomic mass is 32.1. The van der Waals surface area contributed by atoms with Crippen LogP contribution in [0.5, 0.6) is 5.75 Å². The number of aromatic nitrogens is 2. The van der Waals surface area contributed by atoms with Crippen LogP contribution in [0.4, 0.5) is 9.52 Å². The Balaban J connectivity index is 1.44. The molecule has 5 nitrogen and oxygen atoms in total. The maximum absolute atomic E-state index is 13.4. The van der Waals surface area contributed by atoms with Crippen LogP contribution >= 0.6 is 22.7 Å². The normalized spacial score (nSPS) is 10.9. The Morgan fingerprint density at radius 2 is 2.11 bits per heavy atom. The molecule has 1 amide bonds. The fraction of sp³-hybridized carbons (Fsp3) is 0.150. The first-order valence-corrected chi connectivity index (χ1v) is 10.3. The molecule has 0 unspecified atom stereocenters. The topological polar surface area (TPSA) is 64.1 Å². The predicted octanol–water partition coefficient (Wildman–Crippen LogP) is 5.14. The van der Waals surface area contributed by atoms with Gasteiger partial charge in [-0.3, -0.25) is 4.79 Å². The molecule has 8 heteroatoms. The number of nitrogens with one attached hydrogen (secondary N) is 1. The van der Waals surface area contributed by atoms with Crippen molar-refractivity contribution < 1.29 is 13.9 Å². The Bertz CT molecular complexity index is 1140. The van der Waals surface area contributed by atoms with Gasteiger partial charge in [0.05, 0.1) is 28.9 Å². The molecule has 1 N–H and O–H groups in total. The van der Waals surface area contributed by atoms with Gasteiger partial charge in [0.25, 0.3) is 0 Å². The summed E-state index contributed by atoms with van der Waals surface area (Å²) < 4.78 is 19.8. The van der Waals surface area contributed by atoms with E-state index in [-0.39, 0.29) is 18.1 Å². The Labute approximate surface area is 168 Å². The molecule has 0 fully saturated rings. The summed E-state index contributed by atoms with van der Waals surface area (Å²) in [6.45, 7) is 2.53. The van der Waals surface area contributed by atoms with Crippen molar-refractivity contribution in [3.63, 3.8) is 0 Å². The number of nitrogens with zero attached hydrogens (tertiary/aromatic N) is 2. The van der Waals surface area contributed by atoms with Crippen molar-refractivity contribution in [3.05, 3.63) is 59.4 Å². The average molecular weight is 413 g/mol. The lowest BCUT2D eigenvalue weighted by Crippen LogP contribution is -2.14. The van der Waals surface area contributed by atoms with Gasteiger partial charge in [0.1, 0.15) is 16.6 Å². The second-order valence-electron chi connectivity index (χ2n) is 5.96. The van der Waals surface area contributed by atoms with Crippen molar-refractivity contribution in [3.8, 4) is 16.3 Å². The van der Waals surface area contributed by atoms with Crippen LogP contribution in [0, 0.1) is 5.82 Å². The van der Waals surface area contributed by atoms with E-state index in [4.69, 9.17) is 4.74 Å². The zero-order valence-electron chi connectivity index (χ0n) is 14.9. The highest BCUT2D eigenvalue weighted by Gasteiger charge is 2.12. The summed E-state index contributed by atoms with van der Waals surface area (Å²) in [4.78, 5) is 21.2. The van der Waals surface area contributed by atoms with Gasteiger partial charge in [-0.05, 0) is 37.3 Å². The molecular formula is C20H16FN3O2S2. The lowest BCUT2D eigenvalue weighted by Gasteiger charge is -2.00. The molecular weight excluding hydrogens is 397 g/mol. The van der Waals surface area contributed by atoms with Crippen molar-refractivity contribution in [2.24, 2.45) is 0 Å². The number of carbonyl (C=O) groups excluding carboxylic acids is 1. The summed E-state index contributed by atoms with van der Waals surface area (Å²) in [5.74, 6) is 0.277. The zero-order chi connectivity index (χ0) is 19.5. The highest BCUT2D eigenvalue weighted by Crippen LogP contribution is 2.29. The molecule has 2 heterocycles. The van der Waals surface area contributed by atoms with Gasteiger partial charge < -0.3 is 10.1 Å². The minimum atomic E-state index is -0.310. The van der Waals surface area contributed by atoms with Gasteiger partial charge in [0.2, 0.25) is 5.91 Å². The predicted molar refractivity (Wildman–Crippen MR) is 111 cm³/mol. The van der Waals surface area contributed by atoms with E-state index >= 15 is 0 Å². The molecule has 4 aromatic rings. The van der Waals surface area contributed by atoms with Gasteiger partial charge in [-0.15, -0.1) is 11.3 Å². The maximum atomic E-state index is 13.4. The number of rotatable bonds is 6. The van der Waals surface area contributed by atoms with Crippen molar-refractivity contribution in [2.75, 3.05) is 11.9 Å². The van der Waals surface area contributed by atoms with Crippen LogP contribution in [0.3, 0.4) is 0 Å². The largest absolute Gasteiger partial charge is 0.494 e. The summed E-state index contributed by atoms with van der Waals surface area (Å²) >= 11 is 2.78. The van der Waals surface area contributed by atoms with Crippen molar-refractivity contribution >= 4 is 43.9 Å². The van der Waals surface area contributed by atoms with Crippen LogP contribution in [0.2, 0.25) is 0 Å². The summed E-state index contributed by atoms with van der Waals surface area (Å²) in [5, 5.41) is 5.86. The van der Waals surface area contributed by atoms with E-state index in [9.17, 15) is 9.18 Å². The Morgan fingerprint density at radius 1 is 1.21 bits per heavy atom. The molecule has 0 atom stereocenters. The van der Waals surface area contributed by atoms with Crippen LogP contribution in [-0.4, -0.2) is 22.5 Å². The first-order chi connectivity index (χ1) is 13.6. The number of hydrogen-bond acceptors (Lipinski definition) is 6. The van der Waals surface area contributed by atoms with Gasteiger partial charge >= 0.3 is 0 Å². The Hall–Kier alpha value is -2.84. The molecule has 0 spiro atoms. The van der Waals surface area contributed by atoms with E-state index in [0.29, 0.717) is 28.0 Å². The number of hydrogen-bond donors (Lipinski definition) is 1. The molecule has 0 saturated carbocycles. The van der Waals surface area contributed by atoms with Crippen molar-refractivity contribution in [1.82, 2.24) is 9.97 Å².